The molecule has 0 aliphatic rings. The fourth-order valence-corrected chi connectivity index (χ4v) is 2.38. The van der Waals surface area contributed by atoms with E-state index >= 15 is 0 Å². The van der Waals surface area contributed by atoms with Crippen LogP contribution in [0, 0.1) is 11.7 Å². The van der Waals surface area contributed by atoms with Gasteiger partial charge in [0, 0.05) is 0 Å². The maximum absolute atomic E-state index is 12.1. The first-order chi connectivity index (χ1) is 10.5. The van der Waals surface area contributed by atoms with E-state index in [0.29, 0.717) is 11.0 Å². The number of hydrogen-bond donors (Lipinski definition) is 2. The molecule has 3 aromatic heterocycles. The second-order valence-corrected chi connectivity index (χ2v) is 5.13. The summed E-state index contributed by atoms with van der Waals surface area (Å²) in [7, 11) is 0. The summed E-state index contributed by atoms with van der Waals surface area (Å²) in [6.07, 6.45) is 0. The molecule has 3 heterocycles. The molecule has 22 heavy (non-hydrogen) atoms. The van der Waals surface area contributed by atoms with Crippen molar-refractivity contribution in [2.45, 2.75) is 6.92 Å². The van der Waals surface area contributed by atoms with E-state index in [0.717, 1.165) is 5.56 Å². The Morgan fingerprint density at radius 1 is 1.36 bits per heavy atom. The van der Waals surface area contributed by atoms with E-state index < -0.39 is 5.63 Å². The van der Waals surface area contributed by atoms with Gasteiger partial charge in [-0.1, -0.05) is 6.07 Å². The SMILES string of the molecule is Cc1ccc2c(O)c(-c3nn4[nH]c(=S)nc4o3)c(=O)oc2c1. The minimum absolute atomic E-state index is 0.0859. The van der Waals surface area contributed by atoms with Crippen molar-refractivity contribution in [2.24, 2.45) is 0 Å². The highest BCUT2D eigenvalue weighted by molar-refractivity contribution is 7.71. The first kappa shape index (κ1) is 12.8. The van der Waals surface area contributed by atoms with Crippen LogP contribution in [0.15, 0.2) is 31.8 Å². The Morgan fingerprint density at radius 3 is 2.95 bits per heavy atom. The molecule has 0 amide bonds. The molecular formula is C13H8N4O4S. The lowest BCUT2D eigenvalue weighted by Crippen LogP contribution is -2.04. The standard InChI is InChI=1S/C13H8N4O4S/c1-5-2-3-6-7(4-5)20-11(19)8(9(6)18)10-15-17-13(21-10)14-12(22)16-17/h2-4,18H,1H3,(H,16,22). The number of aromatic amines is 1. The molecule has 0 saturated heterocycles. The van der Waals surface area contributed by atoms with Gasteiger partial charge in [0.05, 0.1) is 5.39 Å². The first-order valence-electron chi connectivity index (χ1n) is 6.25. The second kappa shape index (κ2) is 4.28. The van der Waals surface area contributed by atoms with Gasteiger partial charge in [-0.15, -0.1) is 9.73 Å². The summed E-state index contributed by atoms with van der Waals surface area (Å²) in [5, 5.41) is 17.4. The average Bonchev–Trinajstić information content (AvgIpc) is 2.95. The number of H-pyrrole nitrogens is 1. The lowest BCUT2D eigenvalue weighted by Gasteiger charge is -2.03. The molecule has 0 aliphatic carbocycles. The number of nitrogens with zero attached hydrogens (tertiary/aromatic N) is 3. The smallest absolute Gasteiger partial charge is 0.353 e. The van der Waals surface area contributed by atoms with Gasteiger partial charge in [-0.2, -0.15) is 4.98 Å². The number of fused-ring (bicyclic) bond motifs is 2. The Hall–Kier alpha value is -2.94. The second-order valence-electron chi connectivity index (χ2n) is 4.74. The molecule has 0 saturated carbocycles. The lowest BCUT2D eigenvalue weighted by atomic mass is 10.1. The van der Waals surface area contributed by atoms with Gasteiger partial charge in [0.2, 0.25) is 4.77 Å². The molecule has 0 spiro atoms. The van der Waals surface area contributed by atoms with Gasteiger partial charge in [0.25, 0.3) is 5.89 Å². The molecular weight excluding hydrogens is 308 g/mol. The van der Waals surface area contributed by atoms with E-state index in [9.17, 15) is 9.90 Å². The summed E-state index contributed by atoms with van der Waals surface area (Å²) in [5.74, 6) is -0.278. The van der Waals surface area contributed by atoms with E-state index in [-0.39, 0.29) is 27.8 Å². The summed E-state index contributed by atoms with van der Waals surface area (Å²) in [6, 6.07) is 5.12. The summed E-state index contributed by atoms with van der Waals surface area (Å²) < 4.78 is 11.9. The predicted octanol–water partition coefficient (Wildman–Crippen LogP) is 2.17. The quantitative estimate of drug-likeness (QED) is 0.409. The number of rotatable bonds is 1. The van der Waals surface area contributed by atoms with Crippen LogP contribution in [-0.4, -0.2) is 24.9 Å². The maximum Gasteiger partial charge on any atom is 0.353 e. The van der Waals surface area contributed by atoms with Crippen LogP contribution in [0.5, 0.6) is 5.75 Å². The van der Waals surface area contributed by atoms with E-state index in [1.807, 2.05) is 6.92 Å². The van der Waals surface area contributed by atoms with Crippen LogP contribution < -0.4 is 5.63 Å². The molecule has 9 heteroatoms. The van der Waals surface area contributed by atoms with Crippen LogP contribution in [0.3, 0.4) is 0 Å². The van der Waals surface area contributed by atoms with E-state index in [4.69, 9.17) is 21.1 Å². The van der Waals surface area contributed by atoms with Crippen LogP contribution in [0.25, 0.3) is 28.3 Å². The summed E-state index contributed by atoms with van der Waals surface area (Å²) in [6.45, 7) is 1.86. The number of benzene rings is 1. The molecule has 110 valence electrons. The van der Waals surface area contributed by atoms with E-state index in [1.165, 1.54) is 4.63 Å². The van der Waals surface area contributed by atoms with Crippen molar-refractivity contribution in [3.05, 3.63) is 39.0 Å². The third-order valence-electron chi connectivity index (χ3n) is 3.21. The van der Waals surface area contributed by atoms with Crippen molar-refractivity contribution in [3.8, 4) is 17.2 Å². The Kier molecular flexibility index (Phi) is 2.48. The highest BCUT2D eigenvalue weighted by Crippen LogP contribution is 2.32. The summed E-state index contributed by atoms with van der Waals surface area (Å²) in [4.78, 5) is 16.0. The van der Waals surface area contributed by atoms with Crippen molar-refractivity contribution in [1.29, 1.82) is 0 Å². The molecule has 0 fully saturated rings. The summed E-state index contributed by atoms with van der Waals surface area (Å²) in [5.41, 5.74) is 0.284. The molecule has 0 radical (unpaired) electrons. The van der Waals surface area contributed by atoms with Crippen LogP contribution in [-0.2, 0) is 0 Å². The molecule has 4 rings (SSSR count). The van der Waals surface area contributed by atoms with Crippen LogP contribution in [0.4, 0.5) is 0 Å². The molecule has 0 atom stereocenters. The Balaban J connectivity index is 2.05. The monoisotopic (exact) mass is 316 g/mol. The number of aromatic nitrogens is 4. The predicted molar refractivity (Wildman–Crippen MR) is 78.3 cm³/mol. The molecule has 0 bridgehead atoms. The average molecular weight is 316 g/mol. The summed E-state index contributed by atoms with van der Waals surface area (Å²) >= 11 is 4.84. The largest absolute Gasteiger partial charge is 0.506 e. The van der Waals surface area contributed by atoms with Gasteiger partial charge >= 0.3 is 11.5 Å². The molecule has 1 aromatic carbocycles. The van der Waals surface area contributed by atoms with Crippen LogP contribution in [0.1, 0.15) is 5.56 Å². The Labute approximate surface area is 126 Å². The fraction of sp³-hybridized carbons (Fsp3) is 0.0769. The van der Waals surface area contributed by atoms with Gasteiger partial charge < -0.3 is 13.9 Å². The van der Waals surface area contributed by atoms with Crippen LogP contribution >= 0.6 is 12.2 Å². The number of hydrogen-bond acceptors (Lipinski definition) is 7. The Bertz CT molecular complexity index is 1120. The highest BCUT2D eigenvalue weighted by Gasteiger charge is 2.21. The third kappa shape index (κ3) is 1.76. The zero-order valence-electron chi connectivity index (χ0n) is 11.2. The minimum atomic E-state index is -0.751. The van der Waals surface area contributed by atoms with E-state index in [1.54, 1.807) is 18.2 Å². The fourth-order valence-electron chi connectivity index (χ4n) is 2.21. The first-order valence-corrected chi connectivity index (χ1v) is 6.66. The third-order valence-corrected chi connectivity index (χ3v) is 3.39. The van der Waals surface area contributed by atoms with Gasteiger partial charge in [-0.25, -0.2) is 9.89 Å². The van der Waals surface area contributed by atoms with E-state index in [2.05, 4.69) is 15.2 Å². The molecule has 2 N–H and O–H groups in total. The molecule has 0 unspecified atom stereocenters. The number of aromatic hydroxyl groups is 1. The molecule has 4 aromatic rings. The van der Waals surface area contributed by atoms with Gasteiger partial charge in [-0.3, -0.25) is 0 Å². The highest BCUT2D eigenvalue weighted by atomic mass is 32.1. The van der Waals surface area contributed by atoms with Crippen molar-refractivity contribution >= 4 is 29.0 Å². The van der Waals surface area contributed by atoms with Crippen LogP contribution in [0.2, 0.25) is 0 Å². The van der Waals surface area contributed by atoms with Crippen molar-refractivity contribution in [1.82, 2.24) is 19.8 Å². The zero-order chi connectivity index (χ0) is 15.4. The van der Waals surface area contributed by atoms with Gasteiger partial charge in [-0.05, 0) is 36.8 Å². The van der Waals surface area contributed by atoms with Crippen molar-refractivity contribution < 1.29 is 13.9 Å². The van der Waals surface area contributed by atoms with Crippen molar-refractivity contribution in [3.63, 3.8) is 0 Å². The van der Waals surface area contributed by atoms with Gasteiger partial charge in [0.1, 0.15) is 11.3 Å². The number of aryl methyl sites for hydroxylation is 1. The zero-order valence-corrected chi connectivity index (χ0v) is 12.0. The normalized spacial score (nSPS) is 11.5. The lowest BCUT2D eigenvalue weighted by molar-refractivity contribution is 0.466. The molecule has 0 aliphatic heterocycles. The van der Waals surface area contributed by atoms with Gasteiger partial charge in [0.15, 0.2) is 5.56 Å². The van der Waals surface area contributed by atoms with Crippen molar-refractivity contribution in [2.75, 3.05) is 0 Å². The molecule has 8 nitrogen and oxygen atoms in total. The Morgan fingerprint density at radius 2 is 2.18 bits per heavy atom. The minimum Gasteiger partial charge on any atom is -0.506 e. The maximum atomic E-state index is 12.1. The topological polar surface area (TPSA) is 110 Å². The number of nitrogens with one attached hydrogen (secondary N) is 1.